The fraction of sp³-hybridized carbons (Fsp3) is 0.304. The van der Waals surface area contributed by atoms with Crippen molar-refractivity contribution in [3.63, 3.8) is 0 Å². The van der Waals surface area contributed by atoms with Gasteiger partial charge in [0.15, 0.2) is 0 Å². The van der Waals surface area contributed by atoms with Gasteiger partial charge < -0.3 is 15.8 Å². The third-order valence-electron chi connectivity index (χ3n) is 3.98. The Balaban J connectivity index is 0.000000209. The fourth-order valence-corrected chi connectivity index (χ4v) is 2.57. The first-order valence-corrected chi connectivity index (χ1v) is 9.57. The summed E-state index contributed by atoms with van der Waals surface area (Å²) >= 11 is 0. The van der Waals surface area contributed by atoms with E-state index in [9.17, 15) is 4.79 Å². The van der Waals surface area contributed by atoms with Gasteiger partial charge in [-0.25, -0.2) is 0 Å². The van der Waals surface area contributed by atoms with Crippen LogP contribution in [0.15, 0.2) is 67.0 Å². The zero-order valence-electron chi connectivity index (χ0n) is 16.6. The first-order chi connectivity index (χ1) is 13.6. The smallest absolute Gasteiger partial charge is 0.225 e. The minimum absolute atomic E-state index is 0.0593. The molecule has 0 atom stereocenters. The maximum absolute atomic E-state index is 11.3. The maximum atomic E-state index is 11.3. The summed E-state index contributed by atoms with van der Waals surface area (Å²) in [5, 5.41) is 4.91. The Morgan fingerprint density at radius 3 is 2.61 bits per heavy atom. The molecule has 0 fully saturated rings. The van der Waals surface area contributed by atoms with E-state index >= 15 is 0 Å². The van der Waals surface area contributed by atoms with Crippen LogP contribution >= 0.6 is 0 Å². The lowest BCUT2D eigenvalue weighted by Crippen LogP contribution is -2.16. The van der Waals surface area contributed by atoms with Crippen molar-refractivity contribution in [2.75, 3.05) is 18.5 Å². The number of amides is 1. The van der Waals surface area contributed by atoms with Gasteiger partial charge in [-0.15, -0.1) is 0 Å². The number of carbonyl (C=O) groups is 1. The molecule has 0 aliphatic heterocycles. The Morgan fingerprint density at radius 2 is 1.89 bits per heavy atom. The molecule has 5 nitrogen and oxygen atoms in total. The molecule has 0 aliphatic rings. The Labute approximate surface area is 166 Å². The van der Waals surface area contributed by atoms with Gasteiger partial charge in [0.1, 0.15) is 0 Å². The molecule has 1 amide bonds. The van der Waals surface area contributed by atoms with E-state index in [4.69, 9.17) is 10.5 Å². The molecule has 0 radical (unpaired) electrons. The topological polar surface area (TPSA) is 77.2 Å². The van der Waals surface area contributed by atoms with Crippen molar-refractivity contribution in [2.24, 2.45) is 5.73 Å². The molecule has 28 heavy (non-hydrogen) atoms. The highest BCUT2D eigenvalue weighted by molar-refractivity contribution is 5.94. The first-order valence-electron chi connectivity index (χ1n) is 9.57. The highest BCUT2D eigenvalue weighted by Gasteiger charge is 2.01. The molecular formula is C23H29N3O2. The minimum atomic E-state index is -0.0593. The van der Waals surface area contributed by atoms with Crippen LogP contribution in [0, 0.1) is 0 Å². The maximum Gasteiger partial charge on any atom is 0.225 e. The Bertz CT molecular complexity index is 851. The molecule has 0 saturated heterocycles. The summed E-state index contributed by atoms with van der Waals surface area (Å²) in [6, 6.07) is 18.0. The van der Waals surface area contributed by atoms with E-state index in [0.29, 0.717) is 19.1 Å². The summed E-state index contributed by atoms with van der Waals surface area (Å²) in [5.74, 6) is -0.0593. The summed E-state index contributed by atoms with van der Waals surface area (Å²) in [6.07, 6.45) is 5.22. The van der Waals surface area contributed by atoms with Crippen molar-refractivity contribution in [1.29, 1.82) is 0 Å². The number of ether oxygens (including phenoxy) is 1. The molecule has 0 bridgehead atoms. The van der Waals surface area contributed by atoms with E-state index in [1.807, 2.05) is 30.3 Å². The third-order valence-corrected chi connectivity index (χ3v) is 3.98. The highest BCUT2D eigenvalue weighted by Crippen LogP contribution is 2.17. The van der Waals surface area contributed by atoms with Gasteiger partial charge in [0, 0.05) is 36.4 Å². The van der Waals surface area contributed by atoms with E-state index in [1.165, 1.54) is 5.56 Å². The van der Waals surface area contributed by atoms with Crippen LogP contribution in [-0.4, -0.2) is 30.1 Å². The number of aromatic nitrogens is 1. The van der Waals surface area contributed by atoms with Gasteiger partial charge in [0.2, 0.25) is 5.91 Å². The van der Waals surface area contributed by atoms with Crippen molar-refractivity contribution in [2.45, 2.75) is 32.8 Å². The lowest BCUT2D eigenvalue weighted by molar-refractivity contribution is -0.116. The number of anilines is 1. The van der Waals surface area contributed by atoms with Crippen LogP contribution in [0.4, 0.5) is 5.69 Å². The molecule has 0 aliphatic carbocycles. The molecule has 1 heterocycles. The van der Waals surface area contributed by atoms with E-state index in [2.05, 4.69) is 48.4 Å². The normalized spacial score (nSPS) is 10.4. The molecular weight excluding hydrogens is 350 g/mol. The van der Waals surface area contributed by atoms with Gasteiger partial charge >= 0.3 is 0 Å². The summed E-state index contributed by atoms with van der Waals surface area (Å²) in [7, 11) is 0. The molecule has 3 aromatic rings. The number of nitrogens with two attached hydrogens (primary N) is 1. The fourth-order valence-electron chi connectivity index (χ4n) is 2.57. The number of benzene rings is 2. The summed E-state index contributed by atoms with van der Waals surface area (Å²) < 4.78 is 5.45. The molecule has 0 spiro atoms. The molecule has 148 valence electrons. The van der Waals surface area contributed by atoms with Crippen molar-refractivity contribution in [3.05, 3.63) is 72.6 Å². The Morgan fingerprint density at radius 1 is 1.11 bits per heavy atom. The standard InChI is InChI=1S/C12H13N3O.C11H16O/c13-5-3-12(16)15-11-2-1-10-8-14-6-4-9(10)7-11;1-10(2)12-9-8-11-6-4-3-5-7-11/h1-2,4,6-8H,3,5,13H2,(H,15,16);3-7,10H,8-9H2,1-2H3. The number of fused-ring (bicyclic) bond motifs is 1. The van der Waals surface area contributed by atoms with Crippen LogP contribution in [0.25, 0.3) is 10.8 Å². The lowest BCUT2D eigenvalue weighted by atomic mass is 10.1. The number of nitrogens with zero attached hydrogens (tertiary/aromatic N) is 1. The quantitative estimate of drug-likeness (QED) is 0.646. The van der Waals surface area contributed by atoms with Gasteiger partial charge in [-0.3, -0.25) is 9.78 Å². The van der Waals surface area contributed by atoms with E-state index in [-0.39, 0.29) is 5.91 Å². The zero-order chi connectivity index (χ0) is 20.2. The molecule has 1 aromatic heterocycles. The largest absolute Gasteiger partial charge is 0.378 e. The number of nitrogens with one attached hydrogen (secondary N) is 1. The highest BCUT2D eigenvalue weighted by atomic mass is 16.5. The third kappa shape index (κ3) is 7.86. The van der Waals surface area contributed by atoms with Gasteiger partial charge in [-0.1, -0.05) is 36.4 Å². The van der Waals surface area contributed by atoms with E-state index in [1.54, 1.807) is 12.4 Å². The number of carbonyl (C=O) groups excluding carboxylic acids is 1. The number of hydrogen-bond donors (Lipinski definition) is 2. The summed E-state index contributed by atoms with van der Waals surface area (Å²) in [4.78, 5) is 15.4. The number of rotatable bonds is 7. The summed E-state index contributed by atoms with van der Waals surface area (Å²) in [6.45, 7) is 5.31. The second-order valence-corrected chi connectivity index (χ2v) is 6.68. The molecule has 3 N–H and O–H groups in total. The molecule has 0 unspecified atom stereocenters. The predicted octanol–water partition coefficient (Wildman–Crippen LogP) is 4.18. The second-order valence-electron chi connectivity index (χ2n) is 6.68. The van der Waals surface area contributed by atoms with Crippen molar-refractivity contribution < 1.29 is 9.53 Å². The van der Waals surface area contributed by atoms with Gasteiger partial charge in [-0.2, -0.15) is 0 Å². The van der Waals surface area contributed by atoms with Gasteiger partial charge in [0.05, 0.1) is 12.7 Å². The lowest BCUT2D eigenvalue weighted by Gasteiger charge is -2.06. The van der Waals surface area contributed by atoms with Crippen molar-refractivity contribution >= 4 is 22.4 Å². The Hall–Kier alpha value is -2.76. The van der Waals surface area contributed by atoms with Crippen LogP contribution in [0.3, 0.4) is 0 Å². The predicted molar refractivity (Wildman–Crippen MR) is 115 cm³/mol. The van der Waals surface area contributed by atoms with Crippen LogP contribution in [0.2, 0.25) is 0 Å². The number of pyridine rings is 1. The van der Waals surface area contributed by atoms with Gasteiger partial charge in [0.25, 0.3) is 0 Å². The molecule has 2 aromatic carbocycles. The molecule has 0 saturated carbocycles. The average molecular weight is 380 g/mol. The first kappa shape index (κ1) is 21.5. The zero-order valence-corrected chi connectivity index (χ0v) is 16.6. The van der Waals surface area contributed by atoms with E-state index < -0.39 is 0 Å². The van der Waals surface area contributed by atoms with Crippen LogP contribution in [-0.2, 0) is 16.0 Å². The monoisotopic (exact) mass is 379 g/mol. The molecule has 3 rings (SSSR count). The minimum Gasteiger partial charge on any atom is -0.378 e. The average Bonchev–Trinajstić information content (AvgIpc) is 2.69. The number of hydrogen-bond acceptors (Lipinski definition) is 4. The summed E-state index contributed by atoms with van der Waals surface area (Å²) in [5.41, 5.74) is 7.44. The molecule has 5 heteroatoms. The van der Waals surface area contributed by atoms with Crippen LogP contribution in [0.1, 0.15) is 25.8 Å². The van der Waals surface area contributed by atoms with Crippen molar-refractivity contribution in [1.82, 2.24) is 4.98 Å². The van der Waals surface area contributed by atoms with Crippen LogP contribution < -0.4 is 11.1 Å². The second kappa shape index (κ2) is 11.8. The van der Waals surface area contributed by atoms with Gasteiger partial charge in [-0.05, 0) is 49.4 Å². The van der Waals surface area contributed by atoms with Crippen LogP contribution in [0.5, 0.6) is 0 Å². The SMILES string of the molecule is CC(C)OCCc1ccccc1.NCCC(=O)Nc1ccc2cnccc2c1. The Kier molecular flexibility index (Phi) is 9.11. The van der Waals surface area contributed by atoms with Crippen molar-refractivity contribution in [3.8, 4) is 0 Å². The van der Waals surface area contributed by atoms with E-state index in [0.717, 1.165) is 29.5 Å².